The summed E-state index contributed by atoms with van der Waals surface area (Å²) in [7, 11) is -3.97. The van der Waals surface area contributed by atoms with Crippen molar-refractivity contribution in [3.63, 3.8) is 0 Å². The van der Waals surface area contributed by atoms with Crippen molar-refractivity contribution in [2.45, 2.75) is 13.0 Å². The molecule has 0 saturated carbocycles. The van der Waals surface area contributed by atoms with Crippen LogP contribution in [0.3, 0.4) is 0 Å². The third kappa shape index (κ3) is 5.87. The summed E-state index contributed by atoms with van der Waals surface area (Å²) >= 11 is 0. The summed E-state index contributed by atoms with van der Waals surface area (Å²) in [5.74, 6) is -0.590. The summed E-state index contributed by atoms with van der Waals surface area (Å²) in [4.78, 5) is 0. The highest BCUT2D eigenvalue weighted by atomic mass is 32.2. The van der Waals surface area contributed by atoms with Gasteiger partial charge in [-0.3, -0.25) is 4.55 Å². The maximum Gasteiger partial charge on any atom is 0.267 e. The molecule has 1 atom stereocenters. The third-order valence-electron chi connectivity index (χ3n) is 0.452. The lowest BCUT2D eigenvalue weighted by molar-refractivity contribution is 0.215. The van der Waals surface area contributed by atoms with Crippen molar-refractivity contribution in [3.8, 4) is 0 Å². The molecule has 50 valence electrons. The van der Waals surface area contributed by atoms with Gasteiger partial charge in [0, 0.05) is 0 Å². The summed E-state index contributed by atoms with van der Waals surface area (Å²) in [5.41, 5.74) is 0. The predicted octanol–water partition coefficient (Wildman–Crippen LogP) is -0.745. The third-order valence-corrected chi connectivity index (χ3v) is 1.36. The molecule has 0 unspecified atom stereocenters. The van der Waals surface area contributed by atoms with Crippen LogP contribution in [-0.2, 0) is 10.1 Å². The summed E-state index contributed by atoms with van der Waals surface area (Å²) in [6.07, 6.45) is -0.995. The molecule has 5 heteroatoms. The number of rotatable bonds is 2. The fraction of sp³-hybridized carbons (Fsp3) is 1.00. The first-order valence-electron chi connectivity index (χ1n) is 2.05. The van der Waals surface area contributed by atoms with E-state index >= 15 is 0 Å². The van der Waals surface area contributed by atoms with Crippen LogP contribution in [0.5, 0.6) is 0 Å². The van der Waals surface area contributed by atoms with Crippen LogP contribution in [0.2, 0.25) is 0 Å². The highest BCUT2D eigenvalue weighted by Crippen LogP contribution is 1.86. The monoisotopic (exact) mass is 140 g/mol. The highest BCUT2D eigenvalue weighted by molar-refractivity contribution is 7.85. The zero-order chi connectivity index (χ0) is 6.78. The van der Waals surface area contributed by atoms with Crippen molar-refractivity contribution in [1.29, 1.82) is 0 Å². The van der Waals surface area contributed by atoms with Crippen molar-refractivity contribution < 1.29 is 18.1 Å². The number of aliphatic hydroxyl groups excluding tert-OH is 1. The van der Waals surface area contributed by atoms with Gasteiger partial charge >= 0.3 is 0 Å². The van der Waals surface area contributed by atoms with Crippen LogP contribution >= 0.6 is 0 Å². The van der Waals surface area contributed by atoms with Gasteiger partial charge < -0.3 is 5.11 Å². The van der Waals surface area contributed by atoms with E-state index in [-0.39, 0.29) is 0 Å². The average molecular weight is 140 g/mol. The van der Waals surface area contributed by atoms with Gasteiger partial charge in [0.25, 0.3) is 10.1 Å². The molecule has 0 aliphatic heterocycles. The molecular formula is C3H8O4S. The normalized spacial score (nSPS) is 15.9. The van der Waals surface area contributed by atoms with Crippen LogP contribution in [0.25, 0.3) is 0 Å². The zero-order valence-electron chi connectivity index (χ0n) is 4.40. The molecule has 0 aliphatic carbocycles. The van der Waals surface area contributed by atoms with Crippen molar-refractivity contribution in [1.82, 2.24) is 0 Å². The average Bonchev–Trinajstić information content (AvgIpc) is 1.21. The Morgan fingerprint density at radius 3 is 2.00 bits per heavy atom. The molecule has 0 fully saturated rings. The van der Waals surface area contributed by atoms with Crippen LogP contribution in [0.15, 0.2) is 0 Å². The summed E-state index contributed by atoms with van der Waals surface area (Å²) in [6, 6.07) is 0. The molecule has 0 radical (unpaired) electrons. The van der Waals surface area contributed by atoms with Gasteiger partial charge in [-0.1, -0.05) is 0 Å². The Bertz CT molecular complexity index is 145. The number of hydrogen-bond donors (Lipinski definition) is 2. The number of hydrogen-bond acceptors (Lipinski definition) is 3. The molecule has 2 N–H and O–H groups in total. The van der Waals surface area contributed by atoms with E-state index in [1.54, 1.807) is 0 Å². The molecule has 8 heavy (non-hydrogen) atoms. The molecule has 4 nitrogen and oxygen atoms in total. The second-order valence-electron chi connectivity index (χ2n) is 1.60. The Balaban J connectivity index is 3.75. The minimum atomic E-state index is -3.97. The maximum atomic E-state index is 9.84. The standard InChI is InChI=1S/C3H8O4S/c1-3(4)2-8(5,6)7/h3-4H,2H2,1H3,(H,5,6,7)/t3-/m1/s1. The molecule has 0 saturated heterocycles. The van der Waals surface area contributed by atoms with Crippen LogP contribution in [0, 0.1) is 0 Å². The van der Waals surface area contributed by atoms with Gasteiger partial charge in [0.05, 0.1) is 6.10 Å². The smallest absolute Gasteiger partial charge is 0.267 e. The first-order valence-corrected chi connectivity index (χ1v) is 3.66. The van der Waals surface area contributed by atoms with E-state index in [0.717, 1.165) is 0 Å². The highest BCUT2D eigenvalue weighted by Gasteiger charge is 2.07. The summed E-state index contributed by atoms with van der Waals surface area (Å²) in [5, 5.41) is 8.35. The molecule has 0 bridgehead atoms. The Morgan fingerprint density at radius 2 is 2.00 bits per heavy atom. The SMILES string of the molecule is C[C@@H](O)CS(=O)(=O)O. The second-order valence-corrected chi connectivity index (χ2v) is 3.09. The van der Waals surface area contributed by atoms with Crippen molar-refractivity contribution >= 4 is 10.1 Å². The van der Waals surface area contributed by atoms with E-state index < -0.39 is 22.0 Å². The Kier molecular flexibility index (Phi) is 2.39. The van der Waals surface area contributed by atoms with E-state index in [9.17, 15) is 8.42 Å². The molecule has 0 aromatic rings. The Morgan fingerprint density at radius 1 is 1.62 bits per heavy atom. The second kappa shape index (κ2) is 2.43. The topological polar surface area (TPSA) is 74.6 Å². The van der Waals surface area contributed by atoms with Gasteiger partial charge in [0.2, 0.25) is 0 Å². The van der Waals surface area contributed by atoms with Crippen molar-refractivity contribution in [2.75, 3.05) is 5.75 Å². The first kappa shape index (κ1) is 7.87. The summed E-state index contributed by atoms with van der Waals surface area (Å²) in [6.45, 7) is 1.29. The molecule has 0 aromatic heterocycles. The van der Waals surface area contributed by atoms with Crippen LogP contribution in [-0.4, -0.2) is 29.9 Å². The molecule has 0 aliphatic rings. The van der Waals surface area contributed by atoms with E-state index in [1.165, 1.54) is 6.92 Å². The van der Waals surface area contributed by atoms with Crippen LogP contribution < -0.4 is 0 Å². The lowest BCUT2D eigenvalue weighted by Crippen LogP contribution is -2.16. The molecule has 0 rings (SSSR count). The maximum absolute atomic E-state index is 9.84. The van der Waals surface area contributed by atoms with Gasteiger partial charge in [-0.05, 0) is 6.92 Å². The molecule has 0 heterocycles. The minimum Gasteiger partial charge on any atom is -0.392 e. The predicted molar refractivity (Wildman–Crippen MR) is 28.1 cm³/mol. The molecule has 0 spiro atoms. The molecule has 0 amide bonds. The lowest BCUT2D eigenvalue weighted by Gasteiger charge is -1.97. The lowest BCUT2D eigenvalue weighted by atomic mass is 10.5. The Hall–Kier alpha value is -0.130. The quantitative estimate of drug-likeness (QED) is 0.495. The van der Waals surface area contributed by atoms with E-state index in [0.29, 0.717) is 0 Å². The first-order chi connectivity index (χ1) is 3.42. The van der Waals surface area contributed by atoms with Gasteiger partial charge in [0.1, 0.15) is 5.75 Å². The van der Waals surface area contributed by atoms with Gasteiger partial charge in [-0.15, -0.1) is 0 Å². The van der Waals surface area contributed by atoms with Crippen LogP contribution in [0.1, 0.15) is 6.92 Å². The van der Waals surface area contributed by atoms with Gasteiger partial charge in [0.15, 0.2) is 0 Å². The molecule has 0 aromatic carbocycles. The van der Waals surface area contributed by atoms with E-state index in [1.807, 2.05) is 0 Å². The van der Waals surface area contributed by atoms with Gasteiger partial charge in [-0.25, -0.2) is 0 Å². The Labute approximate surface area is 47.9 Å². The molecular weight excluding hydrogens is 132 g/mol. The van der Waals surface area contributed by atoms with Crippen LogP contribution in [0.4, 0.5) is 0 Å². The minimum absolute atomic E-state index is 0.590. The zero-order valence-corrected chi connectivity index (χ0v) is 5.22. The van der Waals surface area contributed by atoms with E-state index in [2.05, 4.69) is 0 Å². The van der Waals surface area contributed by atoms with Crippen molar-refractivity contribution in [3.05, 3.63) is 0 Å². The summed E-state index contributed by atoms with van der Waals surface area (Å²) < 4.78 is 27.7. The fourth-order valence-electron chi connectivity index (χ4n) is 0.305. The van der Waals surface area contributed by atoms with Crippen molar-refractivity contribution in [2.24, 2.45) is 0 Å². The number of aliphatic hydroxyl groups is 1. The fourth-order valence-corrected chi connectivity index (χ4v) is 0.914. The largest absolute Gasteiger partial charge is 0.392 e. The van der Waals surface area contributed by atoms with Gasteiger partial charge in [-0.2, -0.15) is 8.42 Å². The van der Waals surface area contributed by atoms with E-state index in [4.69, 9.17) is 9.66 Å².